The Kier molecular flexibility index (Phi) is 6.38. The van der Waals surface area contributed by atoms with Gasteiger partial charge in [-0.1, -0.05) is 20.8 Å². The van der Waals surface area contributed by atoms with E-state index < -0.39 is 11.6 Å². The van der Waals surface area contributed by atoms with Crippen molar-refractivity contribution in [3.63, 3.8) is 0 Å². The molecule has 200 valence electrons. The number of hydrogen-bond donors (Lipinski definition) is 1. The fourth-order valence-corrected chi connectivity index (χ4v) is 6.27. The number of rotatable bonds is 3. The number of carbonyl (C=O) groups excluding carboxylic acids is 2. The Balaban J connectivity index is 0.00000144. The average Bonchev–Trinajstić information content (AvgIpc) is 3.27. The van der Waals surface area contributed by atoms with Crippen LogP contribution in [-0.4, -0.2) is 28.5 Å². The third-order valence-electron chi connectivity index (χ3n) is 8.07. The van der Waals surface area contributed by atoms with Crippen LogP contribution < -0.4 is 10.9 Å². The number of ether oxygens (including phenoxy) is 2. The second kappa shape index (κ2) is 9.31. The number of cyclic esters (lactones) is 1. The molecule has 0 saturated carbocycles. The number of aromatic nitrogens is 2. The van der Waals surface area contributed by atoms with Crippen LogP contribution in [0.5, 0.6) is 0 Å². The summed E-state index contributed by atoms with van der Waals surface area (Å²) in [5, 5.41) is 3.90. The maximum Gasteiger partial charge on any atom is 0.343 e. The topological polar surface area (TPSA) is 99.5 Å². The summed E-state index contributed by atoms with van der Waals surface area (Å²) >= 11 is 0. The predicted octanol–water partition coefficient (Wildman–Crippen LogP) is 4.33. The molecule has 0 bridgehead atoms. The highest BCUT2D eigenvalue weighted by molar-refractivity contribution is 5.93. The zero-order valence-electron chi connectivity index (χ0n) is 22.6. The first kappa shape index (κ1) is 26.0. The van der Waals surface area contributed by atoms with Crippen LogP contribution in [0.3, 0.4) is 0 Å². The van der Waals surface area contributed by atoms with Gasteiger partial charge in [0.2, 0.25) is 5.91 Å². The molecule has 0 saturated heterocycles. The van der Waals surface area contributed by atoms with Crippen LogP contribution in [-0.2, 0) is 44.2 Å². The van der Waals surface area contributed by atoms with Crippen molar-refractivity contribution in [3.05, 3.63) is 61.7 Å². The van der Waals surface area contributed by atoms with Gasteiger partial charge in [-0.05, 0) is 48.9 Å². The number of nitrogens with one attached hydrogen (secondary N) is 1. The number of nitrogens with zero attached hydrogens (tertiary/aromatic N) is 2. The van der Waals surface area contributed by atoms with Crippen molar-refractivity contribution in [2.24, 2.45) is 0 Å². The van der Waals surface area contributed by atoms with E-state index in [1.807, 2.05) is 13.8 Å². The zero-order valence-corrected chi connectivity index (χ0v) is 22.6. The second-order valence-corrected chi connectivity index (χ2v) is 9.77. The summed E-state index contributed by atoms with van der Waals surface area (Å²) in [7, 11) is 1.43. The standard InChI is InChI=1S/C27H26FN3O5.C2H6/c1-5-27(35-4)17-8-21-24-15(10-31(21)25(33)16(17)11-36-26(27)34)23-19(29-13(3)32)7-6-14-12(2)18(28)9-20(30-24)22(14)23;1-2/h8-9,19H,5-7,10-11H2,1-4H3,(H,29,32);1-2H3. The zero-order chi connectivity index (χ0) is 27.5. The van der Waals surface area contributed by atoms with Gasteiger partial charge in [0, 0.05) is 36.6 Å². The third-order valence-corrected chi connectivity index (χ3v) is 8.07. The van der Waals surface area contributed by atoms with E-state index in [9.17, 15) is 18.8 Å². The molecule has 38 heavy (non-hydrogen) atoms. The number of halogens is 1. The van der Waals surface area contributed by atoms with E-state index >= 15 is 0 Å². The van der Waals surface area contributed by atoms with Crippen LogP contribution in [0.4, 0.5) is 4.39 Å². The molecule has 2 atom stereocenters. The largest absolute Gasteiger partial charge is 0.458 e. The van der Waals surface area contributed by atoms with Crippen LogP contribution in [0.15, 0.2) is 16.9 Å². The summed E-state index contributed by atoms with van der Waals surface area (Å²) < 4.78 is 27.5. The molecule has 4 heterocycles. The Hall–Kier alpha value is -3.59. The van der Waals surface area contributed by atoms with Crippen LogP contribution in [0.2, 0.25) is 0 Å². The van der Waals surface area contributed by atoms with E-state index in [4.69, 9.17) is 14.5 Å². The van der Waals surface area contributed by atoms with E-state index in [0.717, 1.165) is 22.1 Å². The molecular formula is C29H32FN3O5. The normalized spacial score (nSPS) is 20.6. The van der Waals surface area contributed by atoms with E-state index in [0.29, 0.717) is 52.9 Å². The molecule has 0 fully saturated rings. The summed E-state index contributed by atoms with van der Waals surface area (Å²) in [5.41, 5.74) is 4.00. The monoisotopic (exact) mass is 521 g/mol. The van der Waals surface area contributed by atoms with Gasteiger partial charge in [0.15, 0.2) is 5.60 Å². The number of carbonyl (C=O) groups is 2. The molecule has 3 aliphatic rings. The number of esters is 1. The maximum atomic E-state index is 14.9. The third kappa shape index (κ3) is 3.44. The number of amides is 1. The lowest BCUT2D eigenvalue weighted by Gasteiger charge is -2.35. The van der Waals surface area contributed by atoms with Gasteiger partial charge in [-0.2, -0.15) is 0 Å². The van der Waals surface area contributed by atoms with Crippen LogP contribution >= 0.6 is 0 Å². The molecule has 8 nitrogen and oxygen atoms in total. The van der Waals surface area contributed by atoms with Crippen molar-refractivity contribution >= 4 is 22.8 Å². The molecule has 1 amide bonds. The summed E-state index contributed by atoms with van der Waals surface area (Å²) in [6.07, 6.45) is 1.53. The minimum atomic E-state index is -1.38. The highest BCUT2D eigenvalue weighted by Crippen LogP contribution is 2.46. The van der Waals surface area contributed by atoms with Crippen LogP contribution in [0, 0.1) is 12.7 Å². The fraction of sp³-hybridized carbons (Fsp3) is 0.448. The van der Waals surface area contributed by atoms with Crippen molar-refractivity contribution in [1.29, 1.82) is 0 Å². The molecule has 9 heteroatoms. The smallest absolute Gasteiger partial charge is 0.343 e. The van der Waals surface area contributed by atoms with Gasteiger partial charge < -0.3 is 19.4 Å². The average molecular weight is 522 g/mol. The fourth-order valence-electron chi connectivity index (χ4n) is 6.27. The maximum absolute atomic E-state index is 14.9. The van der Waals surface area contributed by atoms with Gasteiger partial charge in [-0.15, -0.1) is 0 Å². The molecular weight excluding hydrogens is 489 g/mol. The number of aryl methyl sites for hydroxylation is 1. The molecule has 6 rings (SSSR count). The predicted molar refractivity (Wildman–Crippen MR) is 140 cm³/mol. The number of benzene rings is 1. The Morgan fingerprint density at radius 1 is 1.26 bits per heavy atom. The second-order valence-electron chi connectivity index (χ2n) is 9.77. The Morgan fingerprint density at radius 2 is 2.00 bits per heavy atom. The lowest BCUT2D eigenvalue weighted by molar-refractivity contribution is -0.176. The van der Waals surface area contributed by atoms with Gasteiger partial charge in [0.25, 0.3) is 5.56 Å². The van der Waals surface area contributed by atoms with E-state index in [-0.39, 0.29) is 36.5 Å². The highest BCUT2D eigenvalue weighted by atomic mass is 19.1. The van der Waals surface area contributed by atoms with E-state index in [2.05, 4.69) is 5.32 Å². The molecule has 2 aromatic heterocycles. The number of fused-ring (bicyclic) bond motifs is 5. The first-order chi connectivity index (χ1) is 18.2. The summed E-state index contributed by atoms with van der Waals surface area (Å²) in [6, 6.07) is 2.94. The van der Waals surface area contributed by atoms with Crippen molar-refractivity contribution in [1.82, 2.24) is 14.9 Å². The van der Waals surface area contributed by atoms with Crippen molar-refractivity contribution in [3.8, 4) is 11.4 Å². The molecule has 1 aliphatic carbocycles. The summed E-state index contributed by atoms with van der Waals surface area (Å²) in [5.74, 6) is -1.02. The first-order valence-electron chi connectivity index (χ1n) is 13.1. The number of methoxy groups -OCH3 is 1. The van der Waals surface area contributed by atoms with Gasteiger partial charge in [-0.25, -0.2) is 14.2 Å². The SMILES string of the molecule is CC.CCC1(OC)C(=O)OCc2c1cc1n(c2=O)Cc2c-1nc1cc(F)c(C)c3c1c2C(NC(C)=O)CC3. The molecule has 1 N–H and O–H groups in total. The van der Waals surface area contributed by atoms with Crippen molar-refractivity contribution in [2.45, 2.75) is 78.7 Å². The molecule has 0 spiro atoms. The molecule has 3 aromatic rings. The molecule has 0 radical (unpaired) electrons. The lowest BCUT2D eigenvalue weighted by Crippen LogP contribution is -2.45. The Labute approximate surface area is 220 Å². The Bertz CT molecular complexity index is 1570. The molecule has 1 aromatic carbocycles. The number of hydrogen-bond acceptors (Lipinski definition) is 6. The summed E-state index contributed by atoms with van der Waals surface area (Å²) in [6.45, 7) is 9.18. The van der Waals surface area contributed by atoms with Gasteiger partial charge >= 0.3 is 5.97 Å². The van der Waals surface area contributed by atoms with Crippen molar-refractivity contribution < 1.29 is 23.5 Å². The quantitative estimate of drug-likeness (QED) is 0.403. The number of pyridine rings is 2. The highest BCUT2D eigenvalue weighted by Gasteiger charge is 2.47. The van der Waals surface area contributed by atoms with Gasteiger partial charge in [0.1, 0.15) is 12.4 Å². The lowest BCUT2D eigenvalue weighted by atomic mass is 9.81. The van der Waals surface area contributed by atoms with Crippen molar-refractivity contribution in [2.75, 3.05) is 7.11 Å². The van der Waals surface area contributed by atoms with Gasteiger partial charge in [0.05, 0.1) is 35.1 Å². The Morgan fingerprint density at radius 3 is 2.66 bits per heavy atom. The minimum Gasteiger partial charge on any atom is -0.458 e. The minimum absolute atomic E-state index is 0.125. The summed E-state index contributed by atoms with van der Waals surface area (Å²) in [4.78, 5) is 43.4. The van der Waals surface area contributed by atoms with Crippen LogP contribution in [0.1, 0.15) is 80.0 Å². The van der Waals surface area contributed by atoms with Crippen LogP contribution in [0.25, 0.3) is 22.3 Å². The molecule has 2 unspecified atom stereocenters. The van der Waals surface area contributed by atoms with E-state index in [1.54, 1.807) is 24.5 Å². The van der Waals surface area contributed by atoms with E-state index in [1.165, 1.54) is 20.1 Å². The van der Waals surface area contributed by atoms with Gasteiger partial charge in [-0.3, -0.25) is 9.59 Å². The molecule has 2 aliphatic heterocycles. The first-order valence-corrected chi connectivity index (χ1v) is 13.1.